The summed E-state index contributed by atoms with van der Waals surface area (Å²) >= 11 is 5.88. The Hall–Kier alpha value is -1.88. The second kappa shape index (κ2) is 7.79. The number of rotatable bonds is 3. The summed E-state index contributed by atoms with van der Waals surface area (Å²) in [5, 5.41) is 9.30. The van der Waals surface area contributed by atoms with E-state index in [4.69, 9.17) is 11.6 Å². The van der Waals surface area contributed by atoms with Gasteiger partial charge >= 0.3 is 0 Å². The first kappa shape index (κ1) is 17.0. The van der Waals surface area contributed by atoms with Gasteiger partial charge in [-0.15, -0.1) is 0 Å². The zero-order valence-electron chi connectivity index (χ0n) is 13.6. The summed E-state index contributed by atoms with van der Waals surface area (Å²) in [7, 11) is 0. The summed E-state index contributed by atoms with van der Waals surface area (Å²) in [4.78, 5) is 24.7. The molecular weight excluding hydrogens is 326 g/mol. The van der Waals surface area contributed by atoms with E-state index in [1.165, 1.54) is 17.9 Å². The van der Waals surface area contributed by atoms with Gasteiger partial charge in [-0.2, -0.15) is 5.10 Å². The number of anilines is 1. The average Bonchev–Trinajstić information content (AvgIpc) is 2.85. The molecular formula is C18H22ClN3O2. The molecule has 2 amide bonds. The van der Waals surface area contributed by atoms with Gasteiger partial charge in [0.05, 0.1) is 5.69 Å². The smallest absolute Gasteiger partial charge is 0.267 e. The van der Waals surface area contributed by atoms with E-state index < -0.39 is 0 Å². The van der Waals surface area contributed by atoms with E-state index in [1.54, 1.807) is 24.3 Å². The molecule has 1 aromatic rings. The normalized spacial score (nSPS) is 19.6. The van der Waals surface area contributed by atoms with Crippen LogP contribution in [0.25, 0.3) is 0 Å². The first-order valence-electron chi connectivity index (χ1n) is 8.60. The average molecular weight is 348 g/mol. The molecule has 1 aliphatic heterocycles. The monoisotopic (exact) mass is 347 g/mol. The third kappa shape index (κ3) is 4.15. The van der Waals surface area contributed by atoms with Gasteiger partial charge in [0.2, 0.25) is 5.91 Å². The molecule has 24 heavy (non-hydrogen) atoms. The number of amides is 2. The predicted molar refractivity (Wildman–Crippen MR) is 95.2 cm³/mol. The Morgan fingerprint density at radius 1 is 1.08 bits per heavy atom. The molecule has 0 spiro atoms. The first-order chi connectivity index (χ1) is 11.6. The molecule has 0 saturated heterocycles. The summed E-state index contributed by atoms with van der Waals surface area (Å²) < 4.78 is 0. The third-order valence-electron chi connectivity index (χ3n) is 4.56. The Kier molecular flexibility index (Phi) is 5.51. The van der Waals surface area contributed by atoms with Crippen molar-refractivity contribution in [3.8, 4) is 0 Å². The summed E-state index contributed by atoms with van der Waals surface area (Å²) in [6, 6.07) is 7.11. The van der Waals surface area contributed by atoms with E-state index in [0.717, 1.165) is 25.7 Å². The van der Waals surface area contributed by atoms with E-state index >= 15 is 0 Å². The van der Waals surface area contributed by atoms with E-state index in [1.807, 2.05) is 0 Å². The van der Waals surface area contributed by atoms with Crippen LogP contribution in [-0.4, -0.2) is 23.6 Å². The van der Waals surface area contributed by atoms with Gasteiger partial charge in [0.25, 0.3) is 5.91 Å². The van der Waals surface area contributed by atoms with Crippen LogP contribution < -0.4 is 10.3 Å². The van der Waals surface area contributed by atoms with Crippen LogP contribution >= 0.6 is 11.6 Å². The van der Waals surface area contributed by atoms with Gasteiger partial charge in [-0.1, -0.05) is 37.3 Å². The molecule has 0 bridgehead atoms. The summed E-state index contributed by atoms with van der Waals surface area (Å²) in [6.45, 7) is 0. The van der Waals surface area contributed by atoms with Crippen molar-refractivity contribution >= 4 is 34.8 Å². The topological polar surface area (TPSA) is 61.8 Å². The SMILES string of the molecule is O=C(NC1CCCCCC1)C1=NN(c2ccc(Cl)cc2)C(=O)CC1. The highest BCUT2D eigenvalue weighted by Crippen LogP contribution is 2.23. The highest BCUT2D eigenvalue weighted by Gasteiger charge is 2.26. The van der Waals surface area contributed by atoms with Crippen molar-refractivity contribution in [3.63, 3.8) is 0 Å². The minimum absolute atomic E-state index is 0.108. The molecule has 1 fully saturated rings. The fourth-order valence-corrected chi connectivity index (χ4v) is 3.32. The Bertz CT molecular complexity index is 634. The Balaban J connectivity index is 1.72. The number of nitrogens with one attached hydrogen (secondary N) is 1. The maximum absolute atomic E-state index is 12.5. The van der Waals surface area contributed by atoms with Gasteiger partial charge in [0.15, 0.2) is 0 Å². The molecule has 0 unspecified atom stereocenters. The zero-order valence-corrected chi connectivity index (χ0v) is 14.4. The first-order valence-corrected chi connectivity index (χ1v) is 8.98. The number of carbonyl (C=O) groups is 2. The summed E-state index contributed by atoms with van der Waals surface area (Å²) in [6.07, 6.45) is 7.54. The lowest BCUT2D eigenvalue weighted by atomic mass is 10.1. The molecule has 128 valence electrons. The second-order valence-electron chi connectivity index (χ2n) is 6.39. The van der Waals surface area contributed by atoms with Gasteiger partial charge in [-0.3, -0.25) is 9.59 Å². The Labute approximate surface area is 147 Å². The highest BCUT2D eigenvalue weighted by molar-refractivity contribution is 6.40. The van der Waals surface area contributed by atoms with Gasteiger partial charge in [0.1, 0.15) is 5.71 Å². The lowest BCUT2D eigenvalue weighted by molar-refractivity contribution is -0.119. The van der Waals surface area contributed by atoms with Crippen LogP contribution in [0.3, 0.4) is 0 Å². The third-order valence-corrected chi connectivity index (χ3v) is 4.81. The second-order valence-corrected chi connectivity index (χ2v) is 6.83. The number of nitrogens with zero attached hydrogens (tertiary/aromatic N) is 2. The maximum Gasteiger partial charge on any atom is 0.267 e. The summed E-state index contributed by atoms with van der Waals surface area (Å²) in [5.41, 5.74) is 1.05. The molecule has 2 aliphatic rings. The molecule has 0 radical (unpaired) electrons. The standard InChI is InChI=1S/C18H22ClN3O2/c19-13-7-9-15(10-8-13)22-17(23)12-11-16(21-22)18(24)20-14-5-3-1-2-4-6-14/h7-10,14H,1-6,11-12H2,(H,20,24). The van der Waals surface area contributed by atoms with Gasteiger partial charge < -0.3 is 5.32 Å². The highest BCUT2D eigenvalue weighted by atomic mass is 35.5. The molecule has 0 aromatic heterocycles. The number of hydrogen-bond acceptors (Lipinski definition) is 3. The van der Waals surface area contributed by atoms with Crippen LogP contribution in [0.2, 0.25) is 5.02 Å². The number of benzene rings is 1. The number of carbonyl (C=O) groups excluding carboxylic acids is 2. The van der Waals surface area contributed by atoms with Crippen molar-refractivity contribution in [2.45, 2.75) is 57.4 Å². The Morgan fingerprint density at radius 2 is 1.75 bits per heavy atom. The van der Waals surface area contributed by atoms with E-state index in [-0.39, 0.29) is 17.9 Å². The van der Waals surface area contributed by atoms with Crippen molar-refractivity contribution in [2.24, 2.45) is 5.10 Å². The van der Waals surface area contributed by atoms with Crippen LogP contribution in [0, 0.1) is 0 Å². The molecule has 1 N–H and O–H groups in total. The number of hydrazone groups is 1. The quantitative estimate of drug-likeness (QED) is 0.848. The zero-order chi connectivity index (χ0) is 16.9. The van der Waals surface area contributed by atoms with Crippen LogP contribution in [-0.2, 0) is 9.59 Å². The predicted octanol–water partition coefficient (Wildman–Crippen LogP) is 3.66. The number of halogens is 1. The van der Waals surface area contributed by atoms with Crippen molar-refractivity contribution in [3.05, 3.63) is 29.3 Å². The van der Waals surface area contributed by atoms with Gasteiger partial charge in [0, 0.05) is 23.9 Å². The molecule has 5 nitrogen and oxygen atoms in total. The van der Waals surface area contributed by atoms with Crippen LogP contribution in [0.1, 0.15) is 51.4 Å². The van der Waals surface area contributed by atoms with E-state index in [0.29, 0.717) is 29.3 Å². The molecule has 0 atom stereocenters. The number of hydrogen-bond donors (Lipinski definition) is 1. The van der Waals surface area contributed by atoms with Crippen molar-refractivity contribution in [1.82, 2.24) is 5.32 Å². The molecule has 1 heterocycles. The maximum atomic E-state index is 12.5. The van der Waals surface area contributed by atoms with Gasteiger partial charge in [-0.05, 0) is 37.1 Å². The molecule has 3 rings (SSSR count). The van der Waals surface area contributed by atoms with Crippen molar-refractivity contribution in [2.75, 3.05) is 5.01 Å². The molecule has 6 heteroatoms. The molecule has 1 saturated carbocycles. The van der Waals surface area contributed by atoms with Crippen molar-refractivity contribution < 1.29 is 9.59 Å². The van der Waals surface area contributed by atoms with E-state index in [9.17, 15) is 9.59 Å². The van der Waals surface area contributed by atoms with Crippen LogP contribution in [0.4, 0.5) is 5.69 Å². The fraction of sp³-hybridized carbons (Fsp3) is 0.500. The lowest BCUT2D eigenvalue weighted by Gasteiger charge is -2.24. The minimum atomic E-state index is -0.145. The minimum Gasteiger partial charge on any atom is -0.348 e. The fourth-order valence-electron chi connectivity index (χ4n) is 3.19. The van der Waals surface area contributed by atoms with Gasteiger partial charge in [-0.25, -0.2) is 5.01 Å². The van der Waals surface area contributed by atoms with E-state index in [2.05, 4.69) is 10.4 Å². The Morgan fingerprint density at radius 3 is 2.42 bits per heavy atom. The van der Waals surface area contributed by atoms with Crippen LogP contribution in [0.15, 0.2) is 29.4 Å². The largest absolute Gasteiger partial charge is 0.348 e. The van der Waals surface area contributed by atoms with Crippen molar-refractivity contribution in [1.29, 1.82) is 0 Å². The molecule has 1 aromatic carbocycles. The summed E-state index contributed by atoms with van der Waals surface area (Å²) in [5.74, 6) is -0.253. The lowest BCUT2D eigenvalue weighted by Crippen LogP contribution is -2.43. The molecule has 1 aliphatic carbocycles. The van der Waals surface area contributed by atoms with Crippen LogP contribution in [0.5, 0.6) is 0 Å².